The first kappa shape index (κ1) is 11.4. The van der Waals surface area contributed by atoms with Crippen molar-refractivity contribution >= 4 is 0 Å². The Morgan fingerprint density at radius 2 is 1.81 bits per heavy atom. The molecule has 0 saturated carbocycles. The van der Waals surface area contributed by atoms with Gasteiger partial charge in [0.05, 0.1) is 6.61 Å². The van der Waals surface area contributed by atoms with Crippen LogP contribution in [-0.4, -0.2) is 29.9 Å². The summed E-state index contributed by atoms with van der Waals surface area (Å²) in [6.07, 6.45) is 2.23. The van der Waals surface area contributed by atoms with Crippen molar-refractivity contribution in [3.63, 3.8) is 0 Å². The molecule has 1 aliphatic rings. The van der Waals surface area contributed by atoms with Gasteiger partial charge in [0, 0.05) is 5.92 Å². The molecule has 88 valence electrons. The lowest BCUT2D eigenvalue weighted by atomic mass is 9.81. The number of nitrogens with one attached hydrogen (secondary N) is 1. The van der Waals surface area contributed by atoms with E-state index in [1.807, 2.05) is 12.1 Å². The van der Waals surface area contributed by atoms with Crippen LogP contribution >= 0.6 is 0 Å². The minimum atomic E-state index is 0.190. The summed E-state index contributed by atoms with van der Waals surface area (Å²) in [5.74, 6) is 1.05. The highest BCUT2D eigenvalue weighted by Gasteiger charge is 2.24. The van der Waals surface area contributed by atoms with Crippen molar-refractivity contribution in [3.8, 4) is 5.75 Å². The molecular formula is C13H19NO2. The number of aliphatic hydroxyl groups is 1. The molecule has 0 radical (unpaired) electrons. The van der Waals surface area contributed by atoms with Gasteiger partial charge < -0.3 is 15.5 Å². The lowest BCUT2D eigenvalue weighted by Crippen LogP contribution is -2.32. The van der Waals surface area contributed by atoms with Gasteiger partial charge in [-0.15, -0.1) is 0 Å². The number of rotatable bonds is 3. The Labute approximate surface area is 96.1 Å². The average molecular weight is 221 g/mol. The third kappa shape index (κ3) is 2.54. The zero-order chi connectivity index (χ0) is 11.4. The van der Waals surface area contributed by atoms with Crippen LogP contribution in [-0.2, 0) is 0 Å². The molecule has 1 saturated heterocycles. The zero-order valence-corrected chi connectivity index (χ0v) is 9.39. The van der Waals surface area contributed by atoms with Crippen LogP contribution in [0.3, 0.4) is 0 Å². The van der Waals surface area contributed by atoms with Gasteiger partial charge in [-0.2, -0.15) is 0 Å². The molecule has 2 rings (SSSR count). The van der Waals surface area contributed by atoms with E-state index < -0.39 is 0 Å². The smallest absolute Gasteiger partial charge is 0.115 e. The number of benzene rings is 1. The lowest BCUT2D eigenvalue weighted by molar-refractivity contribution is 0.201. The van der Waals surface area contributed by atoms with Gasteiger partial charge in [-0.25, -0.2) is 0 Å². The van der Waals surface area contributed by atoms with E-state index in [2.05, 4.69) is 5.32 Å². The minimum Gasteiger partial charge on any atom is -0.508 e. The second kappa shape index (κ2) is 5.32. The van der Waals surface area contributed by atoms with Crippen LogP contribution in [0.15, 0.2) is 24.3 Å². The Balaban J connectivity index is 2.11. The molecule has 3 heteroatoms. The molecule has 1 aromatic rings. The molecule has 3 N–H and O–H groups in total. The van der Waals surface area contributed by atoms with Crippen molar-refractivity contribution in [2.75, 3.05) is 19.7 Å². The largest absolute Gasteiger partial charge is 0.508 e. The number of aliphatic hydroxyl groups excluding tert-OH is 1. The highest BCUT2D eigenvalue weighted by atomic mass is 16.3. The van der Waals surface area contributed by atoms with Crippen LogP contribution in [0, 0.1) is 5.92 Å². The summed E-state index contributed by atoms with van der Waals surface area (Å²) in [6.45, 7) is 2.27. The average Bonchev–Trinajstić information content (AvgIpc) is 2.34. The van der Waals surface area contributed by atoms with Gasteiger partial charge in [0.2, 0.25) is 0 Å². The predicted molar refractivity (Wildman–Crippen MR) is 63.5 cm³/mol. The predicted octanol–water partition coefficient (Wildman–Crippen LogP) is 1.47. The Kier molecular flexibility index (Phi) is 3.80. The Morgan fingerprint density at radius 1 is 1.19 bits per heavy atom. The Morgan fingerprint density at radius 3 is 2.38 bits per heavy atom. The molecule has 3 nitrogen and oxygen atoms in total. The molecule has 1 aromatic carbocycles. The molecular weight excluding hydrogens is 202 g/mol. The van der Waals surface area contributed by atoms with Gasteiger partial charge in [-0.1, -0.05) is 12.1 Å². The molecule has 0 bridgehead atoms. The number of hydrogen-bond acceptors (Lipinski definition) is 3. The van der Waals surface area contributed by atoms with Gasteiger partial charge in [0.1, 0.15) is 5.75 Å². The van der Waals surface area contributed by atoms with E-state index in [4.69, 9.17) is 0 Å². The van der Waals surface area contributed by atoms with Crippen LogP contribution in [0.25, 0.3) is 0 Å². The van der Waals surface area contributed by atoms with E-state index in [1.165, 1.54) is 0 Å². The van der Waals surface area contributed by atoms with Gasteiger partial charge in [-0.05, 0) is 49.5 Å². The van der Waals surface area contributed by atoms with Crippen LogP contribution in [0.4, 0.5) is 0 Å². The Bertz CT molecular complexity index is 317. The summed E-state index contributed by atoms with van der Waals surface area (Å²) >= 11 is 0. The summed E-state index contributed by atoms with van der Waals surface area (Å²) in [6, 6.07) is 7.22. The summed E-state index contributed by atoms with van der Waals surface area (Å²) in [5.41, 5.74) is 1.13. The van der Waals surface area contributed by atoms with Crippen molar-refractivity contribution in [2.24, 2.45) is 5.92 Å². The van der Waals surface area contributed by atoms with Gasteiger partial charge in [0.15, 0.2) is 0 Å². The first-order chi connectivity index (χ1) is 7.81. The summed E-state index contributed by atoms with van der Waals surface area (Å²) < 4.78 is 0. The van der Waals surface area contributed by atoms with E-state index in [1.54, 1.807) is 12.1 Å². The maximum absolute atomic E-state index is 9.52. The van der Waals surface area contributed by atoms with Crippen molar-refractivity contribution < 1.29 is 10.2 Å². The number of phenolic OH excluding ortho intramolecular Hbond substituents is 1. The van der Waals surface area contributed by atoms with Crippen molar-refractivity contribution in [3.05, 3.63) is 29.8 Å². The van der Waals surface area contributed by atoms with E-state index in [0.29, 0.717) is 5.92 Å². The number of hydrogen-bond donors (Lipinski definition) is 3. The highest BCUT2D eigenvalue weighted by Crippen LogP contribution is 2.31. The second-order valence-electron chi connectivity index (χ2n) is 4.47. The van der Waals surface area contributed by atoms with E-state index in [0.717, 1.165) is 31.5 Å². The third-order valence-electron chi connectivity index (χ3n) is 3.47. The lowest BCUT2D eigenvalue weighted by Gasteiger charge is -2.29. The molecule has 1 unspecified atom stereocenters. The third-order valence-corrected chi connectivity index (χ3v) is 3.47. The first-order valence-corrected chi connectivity index (χ1v) is 5.92. The van der Waals surface area contributed by atoms with Crippen LogP contribution < -0.4 is 5.32 Å². The quantitative estimate of drug-likeness (QED) is 0.724. The van der Waals surface area contributed by atoms with Crippen molar-refractivity contribution in [1.82, 2.24) is 5.32 Å². The SMILES string of the molecule is OCC(c1ccc(O)cc1)C1CCNCC1. The van der Waals surface area contributed by atoms with E-state index in [-0.39, 0.29) is 18.3 Å². The fourth-order valence-electron chi connectivity index (χ4n) is 2.49. The molecule has 1 atom stereocenters. The highest BCUT2D eigenvalue weighted by molar-refractivity contribution is 5.28. The van der Waals surface area contributed by atoms with E-state index >= 15 is 0 Å². The summed E-state index contributed by atoms with van der Waals surface area (Å²) in [5, 5.41) is 22.1. The van der Waals surface area contributed by atoms with Crippen LogP contribution in [0.5, 0.6) is 5.75 Å². The van der Waals surface area contributed by atoms with E-state index in [9.17, 15) is 10.2 Å². The fourth-order valence-corrected chi connectivity index (χ4v) is 2.49. The number of aromatic hydroxyl groups is 1. The minimum absolute atomic E-state index is 0.190. The standard InChI is InChI=1S/C13H19NO2/c15-9-13(11-5-7-14-8-6-11)10-1-3-12(16)4-2-10/h1-4,11,13-16H,5-9H2. The topological polar surface area (TPSA) is 52.5 Å². The first-order valence-electron chi connectivity index (χ1n) is 5.92. The maximum atomic E-state index is 9.52. The maximum Gasteiger partial charge on any atom is 0.115 e. The van der Waals surface area contributed by atoms with Crippen LogP contribution in [0.1, 0.15) is 24.3 Å². The molecule has 0 aromatic heterocycles. The van der Waals surface area contributed by atoms with Gasteiger partial charge >= 0.3 is 0 Å². The molecule has 1 heterocycles. The summed E-state index contributed by atoms with van der Waals surface area (Å²) in [7, 11) is 0. The molecule has 0 aliphatic carbocycles. The van der Waals surface area contributed by atoms with Crippen molar-refractivity contribution in [1.29, 1.82) is 0 Å². The second-order valence-corrected chi connectivity index (χ2v) is 4.47. The van der Waals surface area contributed by atoms with Gasteiger partial charge in [-0.3, -0.25) is 0 Å². The molecule has 16 heavy (non-hydrogen) atoms. The van der Waals surface area contributed by atoms with Gasteiger partial charge in [0.25, 0.3) is 0 Å². The number of phenols is 1. The molecule has 0 spiro atoms. The monoisotopic (exact) mass is 221 g/mol. The molecule has 1 fully saturated rings. The Hall–Kier alpha value is -1.06. The van der Waals surface area contributed by atoms with Crippen molar-refractivity contribution in [2.45, 2.75) is 18.8 Å². The summed E-state index contributed by atoms with van der Waals surface area (Å²) in [4.78, 5) is 0. The zero-order valence-electron chi connectivity index (χ0n) is 9.39. The molecule has 1 aliphatic heterocycles. The van der Waals surface area contributed by atoms with Crippen LogP contribution in [0.2, 0.25) is 0 Å². The normalized spacial score (nSPS) is 19.6. The molecule has 0 amide bonds. The number of piperidine rings is 1. The fraction of sp³-hybridized carbons (Fsp3) is 0.538.